The highest BCUT2D eigenvalue weighted by Gasteiger charge is 2.47. The zero-order chi connectivity index (χ0) is 22.0. The average Bonchev–Trinajstić information content (AvgIpc) is 2.79. The fourth-order valence-electron chi connectivity index (χ4n) is 4.77. The van der Waals surface area contributed by atoms with E-state index in [0.717, 1.165) is 25.7 Å². The summed E-state index contributed by atoms with van der Waals surface area (Å²) < 4.78 is 46.6. The lowest BCUT2D eigenvalue weighted by atomic mass is 9.71. The molecule has 0 aromatic heterocycles. The number of carbonyl (C=O) groups excluding carboxylic acids is 1. The Morgan fingerprint density at radius 2 is 1.61 bits per heavy atom. The third-order valence-corrected chi connectivity index (χ3v) is 8.16. The van der Waals surface area contributed by atoms with Gasteiger partial charge in [-0.3, -0.25) is 10.0 Å². The van der Waals surface area contributed by atoms with E-state index in [9.17, 15) is 22.8 Å². The molecule has 0 bridgehead atoms. The molecule has 166 valence electrons. The van der Waals surface area contributed by atoms with Gasteiger partial charge in [0.05, 0.1) is 4.90 Å². The molecule has 1 amide bonds. The van der Waals surface area contributed by atoms with E-state index in [1.165, 1.54) is 52.8 Å². The second-order valence-electron chi connectivity index (χ2n) is 8.06. The lowest BCUT2D eigenvalue weighted by Crippen LogP contribution is -2.58. The quantitative estimate of drug-likeness (QED) is 0.537. The van der Waals surface area contributed by atoms with Crippen molar-refractivity contribution < 1.29 is 27.5 Å². The number of halogens is 1. The summed E-state index contributed by atoms with van der Waals surface area (Å²) in [5, 5.41) is 9.26. The number of ether oxygens (including phenoxy) is 1. The van der Waals surface area contributed by atoms with E-state index >= 15 is 0 Å². The molecule has 2 fully saturated rings. The normalized spacial score (nSPS) is 24.3. The van der Waals surface area contributed by atoms with Crippen LogP contribution < -0.4 is 10.2 Å². The van der Waals surface area contributed by atoms with Gasteiger partial charge in [0.15, 0.2) is 0 Å². The number of carbonyl (C=O) groups is 1. The van der Waals surface area contributed by atoms with Gasteiger partial charge < -0.3 is 4.74 Å². The number of hydroxylamine groups is 1. The van der Waals surface area contributed by atoms with Gasteiger partial charge in [-0.05, 0) is 73.2 Å². The monoisotopic (exact) mass is 448 g/mol. The number of benzene rings is 2. The first-order valence-corrected chi connectivity index (χ1v) is 11.8. The van der Waals surface area contributed by atoms with Gasteiger partial charge in [0.2, 0.25) is 10.0 Å². The van der Waals surface area contributed by atoms with Crippen molar-refractivity contribution in [1.29, 1.82) is 0 Å². The third-order valence-electron chi connectivity index (χ3n) is 6.26. The highest BCUT2D eigenvalue weighted by Crippen LogP contribution is 2.42. The smallest absolute Gasteiger partial charge is 0.262 e. The van der Waals surface area contributed by atoms with Gasteiger partial charge in [-0.15, -0.1) is 0 Å². The van der Waals surface area contributed by atoms with Crippen LogP contribution in [0.25, 0.3) is 0 Å². The summed E-state index contributed by atoms with van der Waals surface area (Å²) in [7, 11) is -3.96. The molecule has 31 heavy (non-hydrogen) atoms. The number of nitrogens with one attached hydrogen (secondary N) is 1. The Hall–Kier alpha value is -2.49. The van der Waals surface area contributed by atoms with E-state index in [4.69, 9.17) is 4.74 Å². The Labute approximate surface area is 180 Å². The molecule has 2 aromatic rings. The van der Waals surface area contributed by atoms with E-state index in [2.05, 4.69) is 0 Å². The van der Waals surface area contributed by atoms with Gasteiger partial charge >= 0.3 is 0 Å². The summed E-state index contributed by atoms with van der Waals surface area (Å²) in [5.41, 5.74) is 1.67. The predicted molar refractivity (Wildman–Crippen MR) is 111 cm³/mol. The molecule has 1 aliphatic carbocycles. The summed E-state index contributed by atoms with van der Waals surface area (Å²) >= 11 is 0. The first-order valence-electron chi connectivity index (χ1n) is 10.4. The SMILES string of the molecule is O=C(NO)C1C2CCCCC2CCN1S(=O)(=O)c1ccc(Oc2ccc(F)cc2)cc1. The molecule has 2 aliphatic rings. The largest absolute Gasteiger partial charge is 0.457 e. The first kappa shape index (κ1) is 21.7. The Bertz CT molecular complexity index is 1030. The Morgan fingerprint density at radius 1 is 1.00 bits per heavy atom. The second-order valence-corrected chi connectivity index (χ2v) is 9.95. The summed E-state index contributed by atoms with van der Waals surface area (Å²) in [5.74, 6) is -0.0508. The maximum atomic E-state index is 13.4. The molecule has 1 heterocycles. The van der Waals surface area contributed by atoms with Crippen molar-refractivity contribution in [1.82, 2.24) is 9.79 Å². The van der Waals surface area contributed by atoms with Crippen LogP contribution in [-0.4, -0.2) is 36.4 Å². The number of hydrogen-bond acceptors (Lipinski definition) is 5. The van der Waals surface area contributed by atoms with Crippen LogP contribution in [0.4, 0.5) is 4.39 Å². The maximum absolute atomic E-state index is 13.4. The molecule has 0 radical (unpaired) electrons. The van der Waals surface area contributed by atoms with Crippen LogP contribution in [0.2, 0.25) is 0 Å². The zero-order valence-corrected chi connectivity index (χ0v) is 17.7. The van der Waals surface area contributed by atoms with Gasteiger partial charge in [-0.2, -0.15) is 4.31 Å². The minimum absolute atomic E-state index is 0.0453. The van der Waals surface area contributed by atoms with E-state index in [0.29, 0.717) is 17.9 Å². The van der Waals surface area contributed by atoms with Gasteiger partial charge in [0.1, 0.15) is 23.4 Å². The summed E-state index contributed by atoms with van der Waals surface area (Å²) in [6.07, 6.45) is 4.46. The van der Waals surface area contributed by atoms with Crippen molar-refractivity contribution in [2.45, 2.75) is 43.0 Å². The van der Waals surface area contributed by atoms with Crippen LogP contribution in [0.1, 0.15) is 32.1 Å². The van der Waals surface area contributed by atoms with Crippen molar-refractivity contribution >= 4 is 15.9 Å². The molecule has 4 rings (SSSR count). The molecule has 3 unspecified atom stereocenters. The van der Waals surface area contributed by atoms with Crippen LogP contribution in [0, 0.1) is 17.7 Å². The second kappa shape index (κ2) is 8.94. The number of hydrogen-bond donors (Lipinski definition) is 2. The van der Waals surface area contributed by atoms with Gasteiger partial charge in [-0.25, -0.2) is 18.3 Å². The fourth-order valence-corrected chi connectivity index (χ4v) is 6.42. The van der Waals surface area contributed by atoms with Gasteiger partial charge in [0.25, 0.3) is 5.91 Å². The van der Waals surface area contributed by atoms with Crippen molar-refractivity contribution in [3.05, 3.63) is 54.3 Å². The summed E-state index contributed by atoms with van der Waals surface area (Å²) in [6.45, 7) is 0.232. The minimum atomic E-state index is -3.96. The van der Waals surface area contributed by atoms with Crippen LogP contribution in [-0.2, 0) is 14.8 Å². The van der Waals surface area contributed by atoms with Gasteiger partial charge in [0, 0.05) is 6.54 Å². The van der Waals surface area contributed by atoms with Crippen molar-refractivity contribution in [3.63, 3.8) is 0 Å². The third kappa shape index (κ3) is 4.44. The Morgan fingerprint density at radius 3 is 2.26 bits per heavy atom. The zero-order valence-electron chi connectivity index (χ0n) is 16.9. The predicted octanol–water partition coefficient (Wildman–Crippen LogP) is 3.69. The number of fused-ring (bicyclic) bond motifs is 1. The number of amides is 1. The topological polar surface area (TPSA) is 95.9 Å². The number of sulfonamides is 1. The molecule has 1 saturated heterocycles. The molecule has 9 heteroatoms. The maximum Gasteiger partial charge on any atom is 0.262 e. The molecule has 2 aromatic carbocycles. The minimum Gasteiger partial charge on any atom is -0.457 e. The molecule has 3 atom stereocenters. The number of nitrogens with zero attached hydrogens (tertiary/aromatic N) is 1. The molecule has 7 nitrogen and oxygen atoms in total. The van der Waals surface area contributed by atoms with E-state index in [-0.39, 0.29) is 29.1 Å². The summed E-state index contributed by atoms with van der Waals surface area (Å²) in [6, 6.07) is 10.5. The van der Waals surface area contributed by atoms with Crippen molar-refractivity contribution in [2.24, 2.45) is 11.8 Å². The standard InChI is InChI=1S/C22H25FN2O5S/c23-16-5-7-17(8-6-16)30-18-9-11-19(12-10-18)31(28,29)25-14-13-15-3-1-2-4-20(15)21(25)22(26)24-27/h5-12,15,20-21,27H,1-4,13-14H2,(H,24,26). The Balaban J connectivity index is 1.57. The summed E-state index contributed by atoms with van der Waals surface area (Å²) in [4.78, 5) is 12.5. The van der Waals surface area contributed by atoms with Crippen LogP contribution >= 0.6 is 0 Å². The average molecular weight is 449 g/mol. The van der Waals surface area contributed by atoms with E-state index < -0.39 is 22.0 Å². The van der Waals surface area contributed by atoms with Crippen LogP contribution in [0.3, 0.4) is 0 Å². The van der Waals surface area contributed by atoms with Gasteiger partial charge in [-0.1, -0.05) is 19.3 Å². The number of rotatable bonds is 5. The molecule has 2 N–H and O–H groups in total. The van der Waals surface area contributed by atoms with Crippen LogP contribution in [0.15, 0.2) is 53.4 Å². The van der Waals surface area contributed by atoms with E-state index in [1.54, 1.807) is 5.48 Å². The van der Waals surface area contributed by atoms with Crippen molar-refractivity contribution in [3.8, 4) is 11.5 Å². The number of piperidine rings is 1. The highest BCUT2D eigenvalue weighted by molar-refractivity contribution is 7.89. The molecular weight excluding hydrogens is 423 g/mol. The molecule has 0 spiro atoms. The lowest BCUT2D eigenvalue weighted by molar-refractivity contribution is -0.138. The molecule has 1 aliphatic heterocycles. The first-order chi connectivity index (χ1) is 14.9. The fraction of sp³-hybridized carbons (Fsp3) is 0.409. The van der Waals surface area contributed by atoms with Crippen LogP contribution in [0.5, 0.6) is 11.5 Å². The molecular formula is C22H25FN2O5S. The Kier molecular flexibility index (Phi) is 6.27. The molecule has 1 saturated carbocycles. The highest BCUT2D eigenvalue weighted by atomic mass is 32.2. The van der Waals surface area contributed by atoms with E-state index in [1.807, 2.05) is 0 Å². The lowest BCUT2D eigenvalue weighted by Gasteiger charge is -2.45. The van der Waals surface area contributed by atoms with Crippen molar-refractivity contribution in [2.75, 3.05) is 6.54 Å².